The highest BCUT2D eigenvalue weighted by molar-refractivity contribution is 5.93. The summed E-state index contributed by atoms with van der Waals surface area (Å²) in [6.45, 7) is -2.23. The van der Waals surface area contributed by atoms with Gasteiger partial charge in [-0.05, 0) is 30.2 Å². The number of hydrogen-bond donors (Lipinski definition) is 0. The average Bonchev–Trinajstić information content (AvgIpc) is 2.75. The minimum Gasteiger partial charge on any atom is -0.481 e. The van der Waals surface area contributed by atoms with Crippen molar-refractivity contribution >= 4 is 16.9 Å². The Morgan fingerprint density at radius 3 is 2.47 bits per heavy atom. The van der Waals surface area contributed by atoms with Gasteiger partial charge in [-0.1, -0.05) is 13.0 Å². The number of carbonyl (C=O) groups is 1. The monoisotopic (exact) mass is 455 g/mol. The fourth-order valence-corrected chi connectivity index (χ4v) is 3.23. The van der Waals surface area contributed by atoms with E-state index in [0.717, 1.165) is 25.3 Å². The van der Waals surface area contributed by atoms with E-state index in [2.05, 4.69) is 9.72 Å². The Bertz CT molecular complexity index is 1150. The van der Waals surface area contributed by atoms with Crippen LogP contribution >= 0.6 is 0 Å². The zero-order valence-electron chi connectivity index (χ0n) is 17.1. The van der Waals surface area contributed by atoms with Gasteiger partial charge in [-0.3, -0.25) is 0 Å². The summed E-state index contributed by atoms with van der Waals surface area (Å²) in [6.07, 6.45) is -0.104. The molecule has 10 heteroatoms. The second-order valence-corrected chi connectivity index (χ2v) is 6.64. The summed E-state index contributed by atoms with van der Waals surface area (Å²) < 4.78 is 83.4. The van der Waals surface area contributed by atoms with Gasteiger partial charge < -0.3 is 14.2 Å². The first-order chi connectivity index (χ1) is 15.2. The standard InChI is InChI=1S/C22H18F5NO4/c1-3-16-13(8-11-4-5-12(23)9-15(11)25)21(32-22(26)27)19-17(31-10-18(29)30-2)7-6-14(24)20(19)28-16/h4-7,9,22H,3,8,10H2,1-2H3. The Hall–Kier alpha value is -3.43. The van der Waals surface area contributed by atoms with E-state index in [-0.39, 0.29) is 46.3 Å². The predicted molar refractivity (Wildman–Crippen MR) is 104 cm³/mol. The van der Waals surface area contributed by atoms with Crippen LogP contribution in [-0.2, 0) is 22.4 Å². The number of esters is 1. The van der Waals surface area contributed by atoms with Crippen LogP contribution in [-0.4, -0.2) is 31.3 Å². The van der Waals surface area contributed by atoms with E-state index < -0.39 is 42.4 Å². The molecule has 32 heavy (non-hydrogen) atoms. The summed E-state index contributed by atoms with van der Waals surface area (Å²) in [5.74, 6) is -3.91. The molecule has 170 valence electrons. The number of halogens is 5. The molecule has 0 bridgehead atoms. The number of hydrogen-bond acceptors (Lipinski definition) is 5. The molecule has 3 aromatic rings. The number of rotatable bonds is 8. The highest BCUT2D eigenvalue weighted by atomic mass is 19.3. The maximum absolute atomic E-state index is 14.6. The number of methoxy groups -OCH3 is 1. The first-order valence-electron chi connectivity index (χ1n) is 9.47. The number of nitrogens with zero attached hydrogens (tertiary/aromatic N) is 1. The molecular formula is C22H18F5NO4. The maximum atomic E-state index is 14.6. The number of aryl methyl sites for hydroxylation is 1. The number of fused-ring (bicyclic) bond motifs is 1. The Labute approximate surface area is 179 Å². The Kier molecular flexibility index (Phi) is 7.12. The molecule has 0 amide bonds. The molecule has 3 rings (SSSR count). The molecule has 0 N–H and O–H groups in total. The number of carbonyl (C=O) groups excluding carboxylic acids is 1. The van der Waals surface area contributed by atoms with Crippen molar-refractivity contribution in [2.45, 2.75) is 26.4 Å². The van der Waals surface area contributed by atoms with E-state index >= 15 is 0 Å². The largest absolute Gasteiger partial charge is 0.481 e. The van der Waals surface area contributed by atoms with Crippen molar-refractivity contribution in [1.29, 1.82) is 0 Å². The lowest BCUT2D eigenvalue weighted by Gasteiger charge is -2.19. The van der Waals surface area contributed by atoms with Gasteiger partial charge in [0.15, 0.2) is 6.61 Å². The van der Waals surface area contributed by atoms with Gasteiger partial charge in [-0.25, -0.2) is 22.9 Å². The number of ether oxygens (including phenoxy) is 3. The summed E-state index contributed by atoms with van der Waals surface area (Å²) in [5, 5.41) is -0.246. The molecule has 0 saturated heterocycles. The van der Waals surface area contributed by atoms with Crippen molar-refractivity contribution in [3.63, 3.8) is 0 Å². The van der Waals surface area contributed by atoms with E-state index in [1.807, 2.05) is 0 Å². The van der Waals surface area contributed by atoms with Gasteiger partial charge in [0.1, 0.15) is 34.5 Å². The molecule has 0 atom stereocenters. The molecule has 0 aliphatic rings. The lowest BCUT2D eigenvalue weighted by molar-refractivity contribution is -0.142. The van der Waals surface area contributed by atoms with Crippen LogP contribution in [0.4, 0.5) is 22.0 Å². The van der Waals surface area contributed by atoms with E-state index in [0.29, 0.717) is 6.07 Å². The molecule has 0 spiro atoms. The van der Waals surface area contributed by atoms with E-state index in [9.17, 15) is 26.7 Å². The molecule has 0 unspecified atom stereocenters. The Morgan fingerprint density at radius 2 is 1.84 bits per heavy atom. The van der Waals surface area contributed by atoms with Crippen molar-refractivity contribution in [3.8, 4) is 11.5 Å². The van der Waals surface area contributed by atoms with Crippen molar-refractivity contribution in [1.82, 2.24) is 4.98 Å². The molecular weight excluding hydrogens is 437 g/mol. The normalized spacial score (nSPS) is 11.1. The fraction of sp³-hybridized carbons (Fsp3) is 0.273. The summed E-state index contributed by atoms with van der Waals surface area (Å²) in [4.78, 5) is 15.7. The molecule has 0 aliphatic carbocycles. The second kappa shape index (κ2) is 9.80. The third kappa shape index (κ3) is 4.90. The van der Waals surface area contributed by atoms with Gasteiger partial charge in [0.25, 0.3) is 0 Å². The number of alkyl halides is 2. The molecule has 2 aromatic carbocycles. The van der Waals surface area contributed by atoms with Gasteiger partial charge in [0, 0.05) is 23.7 Å². The fourth-order valence-electron chi connectivity index (χ4n) is 3.23. The van der Waals surface area contributed by atoms with Crippen LogP contribution in [0, 0.1) is 17.5 Å². The minimum absolute atomic E-state index is 0.00482. The number of pyridine rings is 1. The highest BCUT2D eigenvalue weighted by Gasteiger charge is 2.25. The third-order valence-electron chi connectivity index (χ3n) is 4.68. The van der Waals surface area contributed by atoms with Crippen LogP contribution in [0.3, 0.4) is 0 Å². The van der Waals surface area contributed by atoms with Gasteiger partial charge in [0.2, 0.25) is 0 Å². The third-order valence-corrected chi connectivity index (χ3v) is 4.68. The van der Waals surface area contributed by atoms with E-state index in [1.54, 1.807) is 6.92 Å². The van der Waals surface area contributed by atoms with Crippen molar-refractivity contribution in [2.24, 2.45) is 0 Å². The Balaban J connectivity index is 2.27. The van der Waals surface area contributed by atoms with Crippen LogP contribution in [0.1, 0.15) is 23.7 Å². The SMILES string of the molecule is CCc1nc2c(F)ccc(OCC(=O)OC)c2c(OC(F)F)c1Cc1ccc(F)cc1F. The van der Waals surface area contributed by atoms with Crippen LogP contribution in [0.15, 0.2) is 30.3 Å². The van der Waals surface area contributed by atoms with Gasteiger partial charge in [0.05, 0.1) is 12.5 Å². The Morgan fingerprint density at radius 1 is 1.09 bits per heavy atom. The highest BCUT2D eigenvalue weighted by Crippen LogP contribution is 2.40. The smallest absolute Gasteiger partial charge is 0.387 e. The molecule has 1 heterocycles. The first kappa shape index (κ1) is 23.2. The lowest BCUT2D eigenvalue weighted by atomic mass is 9.97. The summed E-state index contributed by atoms with van der Waals surface area (Å²) in [6, 6.07) is 4.99. The maximum Gasteiger partial charge on any atom is 0.387 e. The molecule has 0 saturated carbocycles. The zero-order chi connectivity index (χ0) is 23.4. The van der Waals surface area contributed by atoms with Gasteiger partial charge in [-0.2, -0.15) is 8.78 Å². The van der Waals surface area contributed by atoms with Crippen molar-refractivity contribution in [3.05, 3.63) is 64.6 Å². The topological polar surface area (TPSA) is 57.7 Å². The minimum atomic E-state index is -3.31. The average molecular weight is 455 g/mol. The van der Waals surface area contributed by atoms with Crippen LogP contribution in [0.5, 0.6) is 11.5 Å². The van der Waals surface area contributed by atoms with Crippen LogP contribution < -0.4 is 9.47 Å². The number of aromatic nitrogens is 1. The molecule has 5 nitrogen and oxygen atoms in total. The predicted octanol–water partition coefficient (Wildman–Crippen LogP) is 4.96. The van der Waals surface area contributed by atoms with Gasteiger partial charge in [-0.15, -0.1) is 0 Å². The quantitative estimate of drug-likeness (QED) is 0.355. The van der Waals surface area contributed by atoms with Crippen molar-refractivity contribution in [2.75, 3.05) is 13.7 Å². The summed E-state index contributed by atoms with van der Waals surface area (Å²) >= 11 is 0. The second-order valence-electron chi connectivity index (χ2n) is 6.64. The summed E-state index contributed by atoms with van der Waals surface area (Å²) in [5.41, 5.74) is -0.0850. The van der Waals surface area contributed by atoms with Crippen LogP contribution in [0.25, 0.3) is 10.9 Å². The van der Waals surface area contributed by atoms with Crippen LogP contribution in [0.2, 0.25) is 0 Å². The van der Waals surface area contributed by atoms with E-state index in [1.165, 1.54) is 6.07 Å². The zero-order valence-corrected chi connectivity index (χ0v) is 17.1. The molecule has 0 fully saturated rings. The van der Waals surface area contributed by atoms with Gasteiger partial charge >= 0.3 is 12.6 Å². The molecule has 0 radical (unpaired) electrons. The first-order valence-corrected chi connectivity index (χ1v) is 9.47. The lowest BCUT2D eigenvalue weighted by Crippen LogP contribution is -2.14. The molecule has 1 aromatic heterocycles. The molecule has 0 aliphatic heterocycles. The summed E-state index contributed by atoms with van der Waals surface area (Å²) in [7, 11) is 1.13. The van der Waals surface area contributed by atoms with E-state index in [4.69, 9.17) is 9.47 Å². The number of benzene rings is 2. The van der Waals surface area contributed by atoms with Crippen molar-refractivity contribution < 1.29 is 41.0 Å².